The van der Waals surface area contributed by atoms with Gasteiger partial charge in [-0.25, -0.2) is 0 Å². The van der Waals surface area contributed by atoms with Gasteiger partial charge in [0.05, 0.1) is 29.2 Å². The van der Waals surface area contributed by atoms with Gasteiger partial charge in [-0.3, -0.25) is 28.9 Å². The average molecular weight is 525 g/mol. The number of phenolic OH excluding ortho intramolecular Hbond substituents is 1. The number of methoxy groups -OCH3 is 1. The highest BCUT2D eigenvalue weighted by molar-refractivity contribution is 6.36. The van der Waals surface area contributed by atoms with Crippen molar-refractivity contribution in [3.63, 3.8) is 0 Å². The number of ketones is 4. The van der Waals surface area contributed by atoms with Crippen LogP contribution in [0.1, 0.15) is 29.3 Å². The Bertz CT molecular complexity index is 1260. The predicted octanol–water partition coefficient (Wildman–Crippen LogP) is -1.69. The van der Waals surface area contributed by atoms with Crippen molar-refractivity contribution in [3.05, 3.63) is 22.2 Å². The van der Waals surface area contributed by atoms with E-state index in [1.54, 1.807) is 0 Å². The third-order valence-corrected chi connectivity index (χ3v) is 8.19. The molecule has 0 aromatic heterocycles. The van der Waals surface area contributed by atoms with Gasteiger partial charge in [0, 0.05) is 17.5 Å². The topological polar surface area (TPSA) is 205 Å². The van der Waals surface area contributed by atoms with Crippen LogP contribution in [0.3, 0.4) is 0 Å². The first kappa shape index (κ1) is 26.2. The molecule has 3 aliphatic rings. The van der Waals surface area contributed by atoms with Gasteiger partial charge >= 0.3 is 0 Å². The molecule has 1 aromatic rings. The molecule has 0 aliphatic heterocycles. The van der Waals surface area contributed by atoms with E-state index in [9.17, 15) is 44.4 Å². The summed E-state index contributed by atoms with van der Waals surface area (Å²) in [5.41, 5.74) is -4.02. The van der Waals surface area contributed by atoms with E-state index < -0.39 is 87.4 Å². The van der Waals surface area contributed by atoms with Crippen molar-refractivity contribution >= 4 is 40.6 Å². The van der Waals surface area contributed by atoms with Gasteiger partial charge < -0.3 is 30.9 Å². The molecule has 12 nitrogen and oxygen atoms in total. The van der Waals surface area contributed by atoms with Crippen LogP contribution in [0.2, 0.25) is 5.02 Å². The molecule has 194 valence electrons. The van der Waals surface area contributed by atoms with E-state index in [-0.39, 0.29) is 16.3 Å². The van der Waals surface area contributed by atoms with Crippen LogP contribution in [0.25, 0.3) is 0 Å². The molecule has 0 heterocycles. The lowest BCUT2D eigenvalue weighted by Crippen LogP contribution is -2.83. The van der Waals surface area contributed by atoms with Crippen molar-refractivity contribution < 1.29 is 49.1 Å². The van der Waals surface area contributed by atoms with Crippen molar-refractivity contribution in [2.45, 2.75) is 36.2 Å². The molecule has 0 bridgehead atoms. The van der Waals surface area contributed by atoms with Crippen molar-refractivity contribution in [2.75, 3.05) is 21.2 Å². The standard InChI is InChI=1S/C23H25ClN2O10/c1-21(33)7-6-22(34)17(26(2)3)16(29)12(20(25)32)19(31)23(22,35)18(30)10(7)15(28)11-8(27)5-9(36-4)14(24)13(11)21/h5,7,10,12,17,27,33-35H,6H2,1-4H3,(H2,25,32). The second-order valence-electron chi connectivity index (χ2n) is 9.93. The lowest BCUT2D eigenvalue weighted by molar-refractivity contribution is -0.230. The first-order valence-electron chi connectivity index (χ1n) is 10.9. The number of ether oxygens (including phenoxy) is 1. The summed E-state index contributed by atoms with van der Waals surface area (Å²) < 4.78 is 5.10. The van der Waals surface area contributed by atoms with E-state index in [0.29, 0.717) is 0 Å². The van der Waals surface area contributed by atoms with Crippen LogP contribution in [-0.2, 0) is 24.8 Å². The van der Waals surface area contributed by atoms with Gasteiger partial charge in [-0.05, 0) is 27.4 Å². The normalized spacial score (nSPS) is 37.9. The number of carbonyl (C=O) groups excluding carboxylic acids is 5. The number of aromatic hydroxyl groups is 1. The van der Waals surface area contributed by atoms with Crippen LogP contribution in [0.5, 0.6) is 11.5 Å². The van der Waals surface area contributed by atoms with Crippen LogP contribution in [-0.4, -0.2) is 92.8 Å². The fraction of sp³-hybridized carbons (Fsp3) is 0.522. The van der Waals surface area contributed by atoms with E-state index in [4.69, 9.17) is 22.1 Å². The fourth-order valence-electron chi connectivity index (χ4n) is 6.21. The Kier molecular flexibility index (Phi) is 5.67. The molecule has 6 N–H and O–H groups in total. The quantitative estimate of drug-likeness (QED) is 0.282. The molecule has 1 amide bonds. The molecule has 13 heteroatoms. The highest BCUT2D eigenvalue weighted by atomic mass is 35.5. The van der Waals surface area contributed by atoms with Gasteiger partial charge in [0.15, 0.2) is 29.1 Å². The molecular formula is C23H25ClN2O10. The summed E-state index contributed by atoms with van der Waals surface area (Å²) >= 11 is 6.38. The van der Waals surface area contributed by atoms with Crippen molar-refractivity contribution in [2.24, 2.45) is 23.5 Å². The number of halogens is 1. The lowest BCUT2D eigenvalue weighted by atomic mass is 9.48. The van der Waals surface area contributed by atoms with Crippen molar-refractivity contribution in [1.82, 2.24) is 4.90 Å². The number of benzene rings is 1. The molecule has 7 unspecified atom stereocenters. The molecule has 4 rings (SSSR count). The summed E-state index contributed by atoms with van der Waals surface area (Å²) in [5.74, 6) is -13.3. The second-order valence-corrected chi connectivity index (χ2v) is 10.3. The Morgan fingerprint density at radius 1 is 1.17 bits per heavy atom. The SMILES string of the molecule is COc1cc(O)c2c(c1Cl)C(C)(O)C1CC3(O)C(N(C)C)C(=O)C(C(N)=O)C(=O)C3(O)C(=O)C1C2=O. The zero-order chi connectivity index (χ0) is 27.3. The Balaban J connectivity index is 2.03. The number of primary amides is 1. The Morgan fingerprint density at radius 3 is 2.25 bits per heavy atom. The summed E-state index contributed by atoms with van der Waals surface area (Å²) in [4.78, 5) is 67.0. The maximum absolute atomic E-state index is 13.8. The number of phenols is 1. The third-order valence-electron chi connectivity index (χ3n) is 7.81. The van der Waals surface area contributed by atoms with E-state index in [1.807, 2.05) is 0 Å². The Hall–Kier alpha value is -2.90. The summed E-state index contributed by atoms with van der Waals surface area (Å²) in [5, 5.41) is 45.3. The number of Topliss-reactive ketones (excluding diaryl/α,β-unsaturated/α-hetero) is 4. The van der Waals surface area contributed by atoms with Gasteiger partial charge in [-0.2, -0.15) is 0 Å². The maximum Gasteiger partial charge on any atom is 0.235 e. The number of amides is 1. The second kappa shape index (κ2) is 7.80. The highest BCUT2D eigenvalue weighted by Gasteiger charge is 2.78. The number of carbonyl (C=O) groups is 5. The molecule has 7 atom stereocenters. The smallest absolute Gasteiger partial charge is 0.235 e. The Morgan fingerprint density at radius 2 is 1.75 bits per heavy atom. The molecule has 0 saturated heterocycles. The number of nitrogens with two attached hydrogens (primary N) is 1. The van der Waals surface area contributed by atoms with E-state index >= 15 is 0 Å². The largest absolute Gasteiger partial charge is 0.507 e. The summed E-state index contributed by atoms with van der Waals surface area (Å²) in [6.45, 7) is 1.19. The number of hydrogen-bond acceptors (Lipinski definition) is 11. The van der Waals surface area contributed by atoms with Crippen LogP contribution in [0, 0.1) is 17.8 Å². The lowest BCUT2D eigenvalue weighted by Gasteiger charge is -2.59. The number of aliphatic hydroxyl groups is 3. The van der Waals surface area contributed by atoms with Crippen molar-refractivity contribution in [1.29, 1.82) is 0 Å². The van der Waals surface area contributed by atoms with E-state index in [2.05, 4.69) is 0 Å². The van der Waals surface area contributed by atoms with Crippen molar-refractivity contribution in [3.8, 4) is 11.5 Å². The minimum Gasteiger partial charge on any atom is -0.507 e. The molecule has 2 fully saturated rings. The minimum atomic E-state index is -3.40. The molecular weight excluding hydrogens is 500 g/mol. The maximum atomic E-state index is 13.8. The number of rotatable bonds is 3. The molecule has 2 saturated carbocycles. The number of nitrogens with zero attached hydrogens (tertiary/aromatic N) is 1. The minimum absolute atomic E-state index is 0.0877. The van der Waals surface area contributed by atoms with Crippen LogP contribution >= 0.6 is 11.6 Å². The van der Waals surface area contributed by atoms with E-state index in [1.165, 1.54) is 28.1 Å². The summed E-state index contributed by atoms with van der Waals surface area (Å²) in [7, 11) is 3.85. The number of hydrogen-bond donors (Lipinski definition) is 5. The highest BCUT2D eigenvalue weighted by Crippen LogP contribution is 2.59. The van der Waals surface area contributed by atoms with Gasteiger partial charge in [0.2, 0.25) is 11.5 Å². The van der Waals surface area contributed by atoms with Gasteiger partial charge in [0.1, 0.15) is 23.1 Å². The fourth-order valence-corrected chi connectivity index (χ4v) is 6.63. The van der Waals surface area contributed by atoms with Gasteiger partial charge in [-0.15, -0.1) is 0 Å². The number of fused-ring (bicyclic) bond motifs is 3. The van der Waals surface area contributed by atoms with Gasteiger partial charge in [0.25, 0.3) is 0 Å². The summed E-state index contributed by atoms with van der Waals surface area (Å²) in [6, 6.07) is -0.784. The third kappa shape index (κ3) is 2.87. The average Bonchev–Trinajstić information content (AvgIpc) is 2.75. The molecule has 0 spiro atoms. The Labute approximate surface area is 209 Å². The molecule has 0 radical (unpaired) electrons. The zero-order valence-corrected chi connectivity index (χ0v) is 20.5. The van der Waals surface area contributed by atoms with E-state index in [0.717, 1.165) is 11.0 Å². The van der Waals surface area contributed by atoms with Crippen LogP contribution < -0.4 is 10.5 Å². The number of likely N-dealkylation sites (N-methyl/N-ethyl adjacent to an activating group) is 1. The molecule has 36 heavy (non-hydrogen) atoms. The zero-order valence-electron chi connectivity index (χ0n) is 19.7. The predicted molar refractivity (Wildman–Crippen MR) is 120 cm³/mol. The summed E-state index contributed by atoms with van der Waals surface area (Å²) in [6.07, 6.45) is -0.807. The first-order valence-corrected chi connectivity index (χ1v) is 11.3. The van der Waals surface area contributed by atoms with Crippen LogP contribution in [0.15, 0.2) is 6.07 Å². The van der Waals surface area contributed by atoms with Gasteiger partial charge in [-0.1, -0.05) is 11.6 Å². The van der Waals surface area contributed by atoms with Crippen LogP contribution in [0.4, 0.5) is 0 Å². The molecule has 3 aliphatic carbocycles. The molecule has 1 aromatic carbocycles. The monoisotopic (exact) mass is 524 g/mol. The first-order chi connectivity index (χ1) is 16.5.